The summed E-state index contributed by atoms with van der Waals surface area (Å²) in [5.74, 6) is -1.41. The largest absolute Gasteiger partial charge is 0.480 e. The Morgan fingerprint density at radius 1 is 1.10 bits per heavy atom. The molecule has 2 heterocycles. The van der Waals surface area contributed by atoms with Gasteiger partial charge < -0.3 is 9.84 Å². The summed E-state index contributed by atoms with van der Waals surface area (Å²) in [6.07, 6.45) is -3.29. The molecule has 0 atom stereocenters. The van der Waals surface area contributed by atoms with Crippen molar-refractivity contribution in [2.24, 2.45) is 0 Å². The van der Waals surface area contributed by atoms with Gasteiger partial charge in [-0.3, -0.25) is 14.8 Å². The molecule has 0 bridgehead atoms. The fourth-order valence-electron chi connectivity index (χ4n) is 3.23. The molecule has 3 rings (SSSR count). The monoisotopic (exact) mass is 444 g/mol. The van der Waals surface area contributed by atoms with Crippen LogP contribution in [0.15, 0.2) is 41.6 Å². The number of carbonyl (C=O) groups is 1. The van der Waals surface area contributed by atoms with Gasteiger partial charge in [0, 0.05) is 44.2 Å². The number of rotatable bonds is 6. The molecule has 1 aromatic heterocycles. The number of alkyl halides is 3. The summed E-state index contributed by atoms with van der Waals surface area (Å²) in [6, 6.07) is 5.51. The maximum absolute atomic E-state index is 13.0. The lowest BCUT2D eigenvalue weighted by Gasteiger charge is -2.32. The number of halogens is 3. The minimum atomic E-state index is -4.28. The van der Waals surface area contributed by atoms with Crippen molar-refractivity contribution in [3.63, 3.8) is 0 Å². The number of ether oxygens (including phenoxy) is 1. The molecule has 1 aromatic carbocycles. The predicted molar refractivity (Wildman–Crippen MR) is 99.4 cm³/mol. The molecule has 1 aliphatic heterocycles. The van der Waals surface area contributed by atoms with Crippen LogP contribution in [0.5, 0.6) is 0 Å². The number of sulfone groups is 1. The SMILES string of the molecule is O=C(O)C1(S(=O)(=O)c2ccc(-c3cnc(CCC(F)(F)F)cn3)cc2)CCOCC1. The number of benzene rings is 1. The van der Waals surface area contributed by atoms with E-state index < -0.39 is 33.2 Å². The summed E-state index contributed by atoms with van der Waals surface area (Å²) in [5.41, 5.74) is 1.05. The molecular formula is C19H19F3N2O5S. The number of aryl methyl sites for hydroxylation is 1. The third kappa shape index (κ3) is 4.46. The average Bonchev–Trinajstić information content (AvgIpc) is 2.72. The Labute approximate surface area is 170 Å². The van der Waals surface area contributed by atoms with Crippen LogP contribution in [0.1, 0.15) is 25.0 Å². The van der Waals surface area contributed by atoms with Crippen molar-refractivity contribution in [3.05, 3.63) is 42.4 Å². The van der Waals surface area contributed by atoms with E-state index in [0.29, 0.717) is 11.3 Å². The van der Waals surface area contributed by atoms with Gasteiger partial charge in [-0.2, -0.15) is 13.2 Å². The van der Waals surface area contributed by atoms with Crippen LogP contribution in [-0.2, 0) is 25.8 Å². The predicted octanol–water partition coefficient (Wildman–Crippen LogP) is 3.05. The molecule has 0 unspecified atom stereocenters. The normalized spacial score (nSPS) is 16.9. The van der Waals surface area contributed by atoms with Crippen LogP contribution in [0.3, 0.4) is 0 Å². The van der Waals surface area contributed by atoms with Crippen molar-refractivity contribution in [2.45, 2.75) is 41.5 Å². The number of aromatic nitrogens is 2. The molecule has 0 saturated carbocycles. The minimum Gasteiger partial charge on any atom is -0.480 e. The van der Waals surface area contributed by atoms with Gasteiger partial charge >= 0.3 is 12.1 Å². The van der Waals surface area contributed by atoms with Gasteiger partial charge in [-0.05, 0) is 18.6 Å². The van der Waals surface area contributed by atoms with E-state index in [1.807, 2.05) is 0 Å². The van der Waals surface area contributed by atoms with Crippen LogP contribution in [0.4, 0.5) is 13.2 Å². The number of carboxylic acids is 1. The first-order valence-electron chi connectivity index (χ1n) is 9.09. The number of hydrogen-bond acceptors (Lipinski definition) is 6. The van der Waals surface area contributed by atoms with Crippen molar-refractivity contribution in [2.75, 3.05) is 13.2 Å². The fraction of sp³-hybridized carbons (Fsp3) is 0.421. The summed E-state index contributed by atoms with van der Waals surface area (Å²) in [4.78, 5) is 19.7. The molecule has 1 saturated heterocycles. The Morgan fingerprint density at radius 3 is 2.23 bits per heavy atom. The standard InChI is InChI=1S/C19H19F3N2O5S/c20-19(21,22)6-5-14-11-24-16(12-23-14)13-1-3-15(4-2-13)30(27,28)18(17(25)26)7-9-29-10-8-18/h1-4,11-12H,5-10H2,(H,25,26). The van der Waals surface area contributed by atoms with E-state index in [4.69, 9.17) is 4.74 Å². The van der Waals surface area contributed by atoms with Gasteiger partial charge in [0.15, 0.2) is 14.6 Å². The second-order valence-electron chi connectivity index (χ2n) is 6.95. The molecule has 1 fully saturated rings. The molecule has 0 aliphatic carbocycles. The zero-order chi connectivity index (χ0) is 22.0. The third-order valence-electron chi connectivity index (χ3n) is 5.03. The lowest BCUT2D eigenvalue weighted by Crippen LogP contribution is -2.50. The molecule has 30 heavy (non-hydrogen) atoms. The number of hydrogen-bond donors (Lipinski definition) is 1. The highest BCUT2D eigenvalue weighted by atomic mass is 32.2. The van der Waals surface area contributed by atoms with E-state index in [1.54, 1.807) is 0 Å². The van der Waals surface area contributed by atoms with E-state index in [-0.39, 0.29) is 43.1 Å². The molecule has 162 valence electrons. The Kier molecular flexibility index (Phi) is 6.14. The van der Waals surface area contributed by atoms with Gasteiger partial charge in [0.2, 0.25) is 0 Å². The van der Waals surface area contributed by atoms with Crippen LogP contribution in [0.2, 0.25) is 0 Å². The van der Waals surface area contributed by atoms with Crippen molar-refractivity contribution in [3.8, 4) is 11.3 Å². The summed E-state index contributed by atoms with van der Waals surface area (Å²) in [5, 5.41) is 9.61. The highest BCUT2D eigenvalue weighted by Gasteiger charge is 2.52. The van der Waals surface area contributed by atoms with Gasteiger partial charge in [0.05, 0.1) is 22.5 Å². The maximum Gasteiger partial charge on any atom is 0.389 e. The Morgan fingerprint density at radius 2 is 1.73 bits per heavy atom. The molecule has 0 amide bonds. The van der Waals surface area contributed by atoms with Crippen molar-refractivity contribution in [1.29, 1.82) is 0 Å². The smallest absolute Gasteiger partial charge is 0.389 e. The first-order chi connectivity index (χ1) is 14.1. The average molecular weight is 444 g/mol. The van der Waals surface area contributed by atoms with Crippen molar-refractivity contribution >= 4 is 15.8 Å². The summed E-state index contributed by atoms with van der Waals surface area (Å²) in [7, 11) is -4.17. The van der Waals surface area contributed by atoms with E-state index in [9.17, 15) is 31.5 Å². The zero-order valence-electron chi connectivity index (χ0n) is 15.7. The topological polar surface area (TPSA) is 106 Å². The molecule has 11 heteroatoms. The van der Waals surface area contributed by atoms with Gasteiger partial charge in [-0.15, -0.1) is 0 Å². The van der Waals surface area contributed by atoms with Crippen LogP contribution >= 0.6 is 0 Å². The number of nitrogens with zero attached hydrogens (tertiary/aromatic N) is 2. The van der Waals surface area contributed by atoms with E-state index in [0.717, 1.165) is 0 Å². The molecule has 0 radical (unpaired) electrons. The minimum absolute atomic E-state index is 0.0416. The van der Waals surface area contributed by atoms with Gasteiger partial charge in [0.1, 0.15) is 0 Å². The van der Waals surface area contributed by atoms with E-state index in [1.165, 1.54) is 36.7 Å². The highest BCUT2D eigenvalue weighted by Crippen LogP contribution is 2.36. The molecule has 0 spiro atoms. The van der Waals surface area contributed by atoms with Gasteiger partial charge in [-0.1, -0.05) is 12.1 Å². The molecule has 7 nitrogen and oxygen atoms in total. The van der Waals surface area contributed by atoms with E-state index >= 15 is 0 Å². The summed E-state index contributed by atoms with van der Waals surface area (Å²) < 4.78 is 66.1. The first kappa shape index (κ1) is 22.2. The molecular weight excluding hydrogens is 425 g/mol. The van der Waals surface area contributed by atoms with Crippen molar-refractivity contribution in [1.82, 2.24) is 9.97 Å². The van der Waals surface area contributed by atoms with Crippen LogP contribution in [0, 0.1) is 0 Å². The highest BCUT2D eigenvalue weighted by molar-refractivity contribution is 7.93. The lowest BCUT2D eigenvalue weighted by molar-refractivity contribution is -0.142. The fourth-order valence-corrected chi connectivity index (χ4v) is 5.11. The van der Waals surface area contributed by atoms with Crippen molar-refractivity contribution < 1.29 is 36.2 Å². The number of aliphatic carboxylic acids is 1. The van der Waals surface area contributed by atoms with E-state index in [2.05, 4.69) is 9.97 Å². The van der Waals surface area contributed by atoms with Gasteiger partial charge in [-0.25, -0.2) is 8.42 Å². The van der Waals surface area contributed by atoms with Gasteiger partial charge in [0.25, 0.3) is 0 Å². The Hall–Kier alpha value is -2.53. The molecule has 2 aromatic rings. The second kappa shape index (κ2) is 8.31. The quantitative estimate of drug-likeness (QED) is 0.730. The Balaban J connectivity index is 1.81. The lowest BCUT2D eigenvalue weighted by atomic mass is 9.99. The van der Waals surface area contributed by atoms with Crippen LogP contribution in [-0.4, -0.2) is 53.6 Å². The molecule has 1 N–H and O–H groups in total. The summed E-state index contributed by atoms with van der Waals surface area (Å²) in [6.45, 7) is 0.0831. The first-order valence-corrected chi connectivity index (χ1v) is 10.6. The van der Waals surface area contributed by atoms with Crippen LogP contribution in [0.25, 0.3) is 11.3 Å². The van der Waals surface area contributed by atoms with Crippen LogP contribution < -0.4 is 0 Å². The zero-order valence-corrected chi connectivity index (χ0v) is 16.5. The number of carboxylic acid groups (broad SMARTS) is 1. The Bertz CT molecular complexity index is 1000. The summed E-state index contributed by atoms with van der Waals surface area (Å²) >= 11 is 0. The molecule has 1 aliphatic rings. The maximum atomic E-state index is 13.0. The third-order valence-corrected chi connectivity index (χ3v) is 7.54. The second-order valence-corrected chi connectivity index (χ2v) is 9.21.